The molecule has 0 aliphatic carbocycles. The van der Waals surface area contributed by atoms with Crippen LogP contribution in [-0.2, 0) is 6.54 Å². The van der Waals surface area contributed by atoms with Crippen LogP contribution < -0.4 is 10.6 Å². The van der Waals surface area contributed by atoms with Gasteiger partial charge in [-0.05, 0) is 22.8 Å². The van der Waals surface area contributed by atoms with Gasteiger partial charge in [0, 0.05) is 20.1 Å². The molecule has 2 N–H and O–H groups in total. The Morgan fingerprint density at radius 3 is 2.57 bits per heavy atom. The Morgan fingerprint density at radius 1 is 1.05 bits per heavy atom. The first-order valence-electron chi connectivity index (χ1n) is 7.26. The lowest BCUT2D eigenvalue weighted by molar-refractivity contribution is 0.729. The molecule has 2 aromatic rings. The van der Waals surface area contributed by atoms with Crippen molar-refractivity contribution in [1.82, 2.24) is 10.6 Å². The molecular weight excluding hydrogens is 373 g/mol. The number of nitrogens with one attached hydrogen (secondary N) is 2. The molecule has 0 heterocycles. The van der Waals surface area contributed by atoms with E-state index in [-0.39, 0.29) is 24.0 Å². The number of benzene rings is 2. The number of unbranched alkanes of at least 4 members (excludes halogenated alkanes) is 1. The second-order valence-corrected chi connectivity index (χ2v) is 4.84. The van der Waals surface area contributed by atoms with Crippen LogP contribution in [-0.4, -0.2) is 19.6 Å². The van der Waals surface area contributed by atoms with Gasteiger partial charge in [0.1, 0.15) is 0 Å². The molecule has 21 heavy (non-hydrogen) atoms. The van der Waals surface area contributed by atoms with Gasteiger partial charge in [-0.3, -0.25) is 4.99 Å². The van der Waals surface area contributed by atoms with Gasteiger partial charge in [0.2, 0.25) is 0 Å². The molecule has 0 bridgehead atoms. The topological polar surface area (TPSA) is 36.4 Å². The van der Waals surface area contributed by atoms with Crippen molar-refractivity contribution < 1.29 is 0 Å². The number of rotatable bonds is 5. The van der Waals surface area contributed by atoms with E-state index in [9.17, 15) is 0 Å². The SMILES string of the molecule is CCCCNC(=NC)NCc1cccc2ccccc12.I. The summed E-state index contributed by atoms with van der Waals surface area (Å²) < 4.78 is 0. The Balaban J connectivity index is 0.00000220. The summed E-state index contributed by atoms with van der Waals surface area (Å²) in [5, 5.41) is 9.28. The molecule has 2 aromatic carbocycles. The predicted octanol–water partition coefficient (Wildman–Crippen LogP) is 3.92. The lowest BCUT2D eigenvalue weighted by atomic mass is 10.0. The zero-order chi connectivity index (χ0) is 14.2. The van der Waals surface area contributed by atoms with Crippen LogP contribution in [0.4, 0.5) is 0 Å². The van der Waals surface area contributed by atoms with Gasteiger partial charge in [-0.15, -0.1) is 24.0 Å². The average molecular weight is 397 g/mol. The number of fused-ring (bicyclic) bond motifs is 1. The lowest BCUT2D eigenvalue weighted by Crippen LogP contribution is -2.37. The van der Waals surface area contributed by atoms with Gasteiger partial charge in [0.05, 0.1) is 0 Å². The summed E-state index contributed by atoms with van der Waals surface area (Å²) in [6.45, 7) is 3.94. The molecule has 0 aromatic heterocycles. The van der Waals surface area contributed by atoms with Crippen LogP contribution in [0.15, 0.2) is 47.5 Å². The van der Waals surface area contributed by atoms with E-state index in [1.807, 2.05) is 7.05 Å². The number of hydrogen-bond acceptors (Lipinski definition) is 1. The highest BCUT2D eigenvalue weighted by Crippen LogP contribution is 2.18. The van der Waals surface area contributed by atoms with Crippen molar-refractivity contribution >= 4 is 40.7 Å². The van der Waals surface area contributed by atoms with Gasteiger partial charge < -0.3 is 10.6 Å². The van der Waals surface area contributed by atoms with Crippen molar-refractivity contribution in [3.63, 3.8) is 0 Å². The number of hydrogen-bond donors (Lipinski definition) is 2. The van der Waals surface area contributed by atoms with Crippen LogP contribution in [0.3, 0.4) is 0 Å². The summed E-state index contributed by atoms with van der Waals surface area (Å²) in [6.07, 6.45) is 2.35. The summed E-state index contributed by atoms with van der Waals surface area (Å²) in [5.74, 6) is 0.867. The van der Waals surface area contributed by atoms with Crippen LogP contribution in [0, 0.1) is 0 Å². The Bertz CT molecular complexity index is 576. The van der Waals surface area contributed by atoms with E-state index in [1.54, 1.807) is 0 Å². The molecule has 114 valence electrons. The van der Waals surface area contributed by atoms with Gasteiger partial charge in [-0.25, -0.2) is 0 Å². The summed E-state index contributed by atoms with van der Waals surface area (Å²) in [7, 11) is 1.81. The Labute approximate surface area is 144 Å². The van der Waals surface area contributed by atoms with Crippen LogP contribution >= 0.6 is 24.0 Å². The molecule has 0 aliphatic rings. The Morgan fingerprint density at radius 2 is 1.81 bits per heavy atom. The molecule has 0 fully saturated rings. The smallest absolute Gasteiger partial charge is 0.191 e. The summed E-state index contributed by atoms with van der Waals surface area (Å²) >= 11 is 0. The zero-order valence-corrected chi connectivity index (χ0v) is 15.1. The van der Waals surface area contributed by atoms with Crippen LogP contribution in [0.1, 0.15) is 25.3 Å². The molecule has 0 aliphatic heterocycles. The van der Waals surface area contributed by atoms with Gasteiger partial charge in [-0.1, -0.05) is 55.8 Å². The first kappa shape index (κ1) is 17.8. The first-order chi connectivity index (χ1) is 9.85. The second-order valence-electron chi connectivity index (χ2n) is 4.84. The Kier molecular flexibility index (Phi) is 8.12. The van der Waals surface area contributed by atoms with Crippen molar-refractivity contribution in [3.8, 4) is 0 Å². The molecule has 3 nitrogen and oxygen atoms in total. The fourth-order valence-corrected chi connectivity index (χ4v) is 2.23. The predicted molar refractivity (Wildman–Crippen MR) is 102 cm³/mol. The highest BCUT2D eigenvalue weighted by molar-refractivity contribution is 14.0. The maximum atomic E-state index is 4.25. The number of halogens is 1. The van der Waals surface area contributed by atoms with Crippen molar-refractivity contribution in [2.75, 3.05) is 13.6 Å². The molecule has 0 atom stereocenters. The average Bonchev–Trinajstić information content (AvgIpc) is 2.50. The van der Waals surface area contributed by atoms with Crippen molar-refractivity contribution in [3.05, 3.63) is 48.0 Å². The fraction of sp³-hybridized carbons (Fsp3) is 0.353. The minimum absolute atomic E-state index is 0. The van der Waals surface area contributed by atoms with Crippen LogP contribution in [0.5, 0.6) is 0 Å². The van der Waals surface area contributed by atoms with Crippen LogP contribution in [0.25, 0.3) is 10.8 Å². The molecule has 4 heteroatoms. The third-order valence-electron chi connectivity index (χ3n) is 3.37. The molecule has 0 amide bonds. The summed E-state index contributed by atoms with van der Waals surface area (Å²) in [6, 6.07) is 14.9. The Hall–Kier alpha value is -1.30. The maximum absolute atomic E-state index is 4.25. The van der Waals surface area contributed by atoms with Crippen LogP contribution in [0.2, 0.25) is 0 Å². The van der Waals surface area contributed by atoms with Gasteiger partial charge in [0.15, 0.2) is 5.96 Å². The molecule has 0 spiro atoms. The first-order valence-corrected chi connectivity index (χ1v) is 7.26. The third-order valence-corrected chi connectivity index (χ3v) is 3.37. The number of aliphatic imine (C=N–C) groups is 1. The minimum Gasteiger partial charge on any atom is -0.356 e. The monoisotopic (exact) mass is 397 g/mol. The van der Waals surface area contributed by atoms with Gasteiger partial charge in [0.25, 0.3) is 0 Å². The number of nitrogens with zero attached hydrogens (tertiary/aromatic N) is 1. The summed E-state index contributed by atoms with van der Waals surface area (Å²) in [5.41, 5.74) is 1.29. The molecule has 0 radical (unpaired) electrons. The largest absolute Gasteiger partial charge is 0.356 e. The van der Waals surface area contributed by atoms with E-state index in [1.165, 1.54) is 22.8 Å². The van der Waals surface area contributed by atoms with Gasteiger partial charge >= 0.3 is 0 Å². The standard InChI is InChI=1S/C17H23N3.HI/c1-3-4-12-19-17(18-2)20-13-15-10-7-9-14-8-5-6-11-16(14)15;/h5-11H,3-4,12-13H2,1-2H3,(H2,18,19,20);1H. The molecule has 2 rings (SSSR count). The van der Waals surface area contributed by atoms with E-state index in [4.69, 9.17) is 0 Å². The highest BCUT2D eigenvalue weighted by atomic mass is 127. The van der Waals surface area contributed by atoms with Gasteiger partial charge in [-0.2, -0.15) is 0 Å². The van der Waals surface area contributed by atoms with Crippen molar-refractivity contribution in [2.45, 2.75) is 26.3 Å². The molecule has 0 saturated heterocycles. The highest BCUT2D eigenvalue weighted by Gasteiger charge is 2.01. The van der Waals surface area contributed by atoms with Crippen molar-refractivity contribution in [2.24, 2.45) is 4.99 Å². The molecule has 0 unspecified atom stereocenters. The van der Waals surface area contributed by atoms with E-state index >= 15 is 0 Å². The maximum Gasteiger partial charge on any atom is 0.191 e. The quantitative estimate of drug-likeness (QED) is 0.347. The zero-order valence-electron chi connectivity index (χ0n) is 12.7. The lowest BCUT2D eigenvalue weighted by Gasteiger charge is -2.13. The number of guanidine groups is 1. The molecule has 0 saturated carbocycles. The van der Waals surface area contributed by atoms with E-state index in [2.05, 4.69) is 65.0 Å². The minimum atomic E-state index is 0. The fourth-order valence-electron chi connectivity index (χ4n) is 2.23. The third kappa shape index (κ3) is 5.19. The van der Waals surface area contributed by atoms with E-state index < -0.39 is 0 Å². The van der Waals surface area contributed by atoms with E-state index in [0.717, 1.165) is 25.5 Å². The van der Waals surface area contributed by atoms with E-state index in [0.29, 0.717) is 0 Å². The molecular formula is C17H24IN3. The normalized spacial score (nSPS) is 11.0. The van der Waals surface area contributed by atoms with Crippen molar-refractivity contribution in [1.29, 1.82) is 0 Å². The second kappa shape index (κ2) is 9.60. The summed E-state index contributed by atoms with van der Waals surface area (Å²) in [4.78, 5) is 4.25.